The van der Waals surface area contributed by atoms with Crippen LogP contribution in [0.1, 0.15) is 12.0 Å². The first-order chi connectivity index (χ1) is 10.0. The predicted molar refractivity (Wildman–Crippen MR) is 81.7 cm³/mol. The second-order valence-corrected chi connectivity index (χ2v) is 4.81. The molecule has 0 unspecified atom stereocenters. The summed E-state index contributed by atoms with van der Waals surface area (Å²) in [4.78, 5) is 22.8. The summed E-state index contributed by atoms with van der Waals surface area (Å²) in [5, 5.41) is 6.99. The second-order valence-electron chi connectivity index (χ2n) is 3.97. The van der Waals surface area contributed by atoms with Crippen molar-refractivity contribution in [3.8, 4) is 0 Å². The Morgan fingerprint density at radius 1 is 1.33 bits per heavy atom. The SMILES string of the molecule is COCCCNC(=O)C(=O)N/N=C/c1ccc(Cl)cc1Cl. The van der Waals surface area contributed by atoms with Crippen molar-refractivity contribution in [1.82, 2.24) is 10.7 Å². The van der Waals surface area contributed by atoms with Crippen LogP contribution in [0.2, 0.25) is 10.0 Å². The number of hydrogen-bond acceptors (Lipinski definition) is 4. The fourth-order valence-corrected chi connectivity index (χ4v) is 1.77. The Labute approximate surface area is 132 Å². The molecule has 1 rings (SSSR count). The molecule has 0 fully saturated rings. The highest BCUT2D eigenvalue weighted by Gasteiger charge is 2.11. The first-order valence-electron chi connectivity index (χ1n) is 6.10. The number of nitrogens with zero attached hydrogens (tertiary/aromatic N) is 1. The van der Waals surface area contributed by atoms with E-state index in [-0.39, 0.29) is 0 Å². The lowest BCUT2D eigenvalue weighted by molar-refractivity contribution is -0.139. The van der Waals surface area contributed by atoms with E-state index in [4.69, 9.17) is 27.9 Å². The molecule has 0 aliphatic heterocycles. The summed E-state index contributed by atoms with van der Waals surface area (Å²) >= 11 is 11.7. The van der Waals surface area contributed by atoms with E-state index < -0.39 is 11.8 Å². The maximum Gasteiger partial charge on any atom is 0.329 e. The monoisotopic (exact) mass is 331 g/mol. The number of carbonyl (C=O) groups is 2. The van der Waals surface area contributed by atoms with Crippen LogP contribution in [0.15, 0.2) is 23.3 Å². The summed E-state index contributed by atoms with van der Waals surface area (Å²) in [6.45, 7) is 0.863. The van der Waals surface area contributed by atoms with Gasteiger partial charge in [0.2, 0.25) is 0 Å². The van der Waals surface area contributed by atoms with Gasteiger partial charge in [-0.15, -0.1) is 0 Å². The highest BCUT2D eigenvalue weighted by atomic mass is 35.5. The van der Waals surface area contributed by atoms with Crippen LogP contribution in [0.25, 0.3) is 0 Å². The number of rotatable bonds is 6. The molecular weight excluding hydrogens is 317 g/mol. The lowest BCUT2D eigenvalue weighted by Gasteiger charge is -2.03. The summed E-state index contributed by atoms with van der Waals surface area (Å²) < 4.78 is 4.82. The van der Waals surface area contributed by atoms with E-state index in [0.717, 1.165) is 0 Å². The van der Waals surface area contributed by atoms with Crippen LogP contribution in [-0.2, 0) is 14.3 Å². The Hall–Kier alpha value is -1.63. The zero-order chi connectivity index (χ0) is 15.7. The topological polar surface area (TPSA) is 79.8 Å². The number of hydrazone groups is 1. The van der Waals surface area contributed by atoms with Gasteiger partial charge in [0.25, 0.3) is 0 Å². The quantitative estimate of drug-likeness (QED) is 0.359. The van der Waals surface area contributed by atoms with Crippen LogP contribution in [0.4, 0.5) is 0 Å². The van der Waals surface area contributed by atoms with Gasteiger partial charge < -0.3 is 10.1 Å². The molecule has 1 aromatic carbocycles. The van der Waals surface area contributed by atoms with E-state index in [9.17, 15) is 9.59 Å². The van der Waals surface area contributed by atoms with E-state index in [2.05, 4.69) is 15.8 Å². The molecule has 8 heteroatoms. The van der Waals surface area contributed by atoms with Crippen molar-refractivity contribution < 1.29 is 14.3 Å². The second kappa shape index (κ2) is 9.33. The molecule has 0 saturated heterocycles. The van der Waals surface area contributed by atoms with Crippen LogP contribution < -0.4 is 10.7 Å². The Kier molecular flexibility index (Phi) is 7.74. The van der Waals surface area contributed by atoms with Crippen molar-refractivity contribution in [2.75, 3.05) is 20.3 Å². The van der Waals surface area contributed by atoms with Gasteiger partial charge in [0.05, 0.1) is 11.2 Å². The molecule has 114 valence electrons. The fraction of sp³-hybridized carbons (Fsp3) is 0.308. The molecule has 0 saturated carbocycles. The van der Waals surface area contributed by atoms with Crippen molar-refractivity contribution in [1.29, 1.82) is 0 Å². The van der Waals surface area contributed by atoms with Crippen molar-refractivity contribution in [3.05, 3.63) is 33.8 Å². The number of ether oxygens (including phenoxy) is 1. The molecule has 0 aromatic heterocycles. The van der Waals surface area contributed by atoms with Crippen LogP contribution in [0.3, 0.4) is 0 Å². The summed E-state index contributed by atoms with van der Waals surface area (Å²) in [6, 6.07) is 4.83. The third kappa shape index (κ3) is 6.57. The molecule has 0 radical (unpaired) electrons. The Bertz CT molecular complexity index is 535. The first kappa shape index (κ1) is 17.4. The average Bonchev–Trinajstić information content (AvgIpc) is 2.45. The van der Waals surface area contributed by atoms with Gasteiger partial charge in [0.15, 0.2) is 0 Å². The number of methoxy groups -OCH3 is 1. The van der Waals surface area contributed by atoms with E-state index in [0.29, 0.717) is 35.2 Å². The number of carbonyl (C=O) groups excluding carboxylic acids is 2. The van der Waals surface area contributed by atoms with Gasteiger partial charge >= 0.3 is 11.8 Å². The van der Waals surface area contributed by atoms with Crippen LogP contribution in [0, 0.1) is 0 Å². The Balaban J connectivity index is 2.41. The summed E-state index contributed by atoms with van der Waals surface area (Å²) in [5.41, 5.74) is 2.68. The summed E-state index contributed by atoms with van der Waals surface area (Å²) in [7, 11) is 1.56. The molecule has 6 nitrogen and oxygen atoms in total. The Morgan fingerprint density at radius 3 is 2.76 bits per heavy atom. The normalized spacial score (nSPS) is 10.6. The molecule has 0 heterocycles. The maximum absolute atomic E-state index is 11.4. The minimum atomic E-state index is -0.853. The van der Waals surface area contributed by atoms with Crippen molar-refractivity contribution in [2.24, 2.45) is 5.10 Å². The third-order valence-corrected chi connectivity index (χ3v) is 2.91. The fourth-order valence-electron chi connectivity index (χ4n) is 1.32. The molecule has 0 bridgehead atoms. The van der Waals surface area contributed by atoms with Gasteiger partial charge in [-0.25, -0.2) is 5.43 Å². The number of nitrogens with one attached hydrogen (secondary N) is 2. The minimum Gasteiger partial charge on any atom is -0.385 e. The molecule has 0 atom stereocenters. The number of amides is 2. The number of halogens is 2. The lowest BCUT2D eigenvalue weighted by atomic mass is 10.2. The molecule has 1 aromatic rings. The zero-order valence-corrected chi connectivity index (χ0v) is 12.9. The van der Waals surface area contributed by atoms with Gasteiger partial charge in [-0.2, -0.15) is 5.10 Å². The van der Waals surface area contributed by atoms with E-state index >= 15 is 0 Å². The minimum absolute atomic E-state index is 0.354. The van der Waals surface area contributed by atoms with Gasteiger partial charge in [-0.05, 0) is 18.6 Å². The number of hydrogen-bond donors (Lipinski definition) is 2. The molecule has 2 amide bonds. The molecule has 0 spiro atoms. The van der Waals surface area contributed by atoms with Gasteiger partial charge in [0, 0.05) is 30.8 Å². The van der Waals surface area contributed by atoms with Crippen LogP contribution in [-0.4, -0.2) is 38.3 Å². The van der Waals surface area contributed by atoms with E-state index in [1.54, 1.807) is 25.3 Å². The highest BCUT2D eigenvalue weighted by molar-refractivity contribution is 6.36. The molecule has 2 N–H and O–H groups in total. The number of benzene rings is 1. The molecule has 0 aliphatic carbocycles. The van der Waals surface area contributed by atoms with E-state index in [1.807, 2.05) is 0 Å². The van der Waals surface area contributed by atoms with E-state index in [1.165, 1.54) is 6.21 Å². The molecule has 21 heavy (non-hydrogen) atoms. The Morgan fingerprint density at radius 2 is 2.10 bits per heavy atom. The molecule has 0 aliphatic rings. The predicted octanol–water partition coefficient (Wildman–Crippen LogP) is 1.60. The zero-order valence-electron chi connectivity index (χ0n) is 11.4. The van der Waals surface area contributed by atoms with Gasteiger partial charge in [0.1, 0.15) is 0 Å². The largest absolute Gasteiger partial charge is 0.385 e. The maximum atomic E-state index is 11.4. The standard InChI is InChI=1S/C13H15Cl2N3O3/c1-21-6-2-5-16-12(19)13(20)18-17-8-9-3-4-10(14)7-11(9)15/h3-4,7-8H,2,5-6H2,1H3,(H,16,19)(H,18,20)/b17-8+. The smallest absolute Gasteiger partial charge is 0.329 e. The van der Waals surface area contributed by atoms with Gasteiger partial charge in [-0.1, -0.05) is 29.3 Å². The van der Waals surface area contributed by atoms with Crippen LogP contribution in [0.5, 0.6) is 0 Å². The third-order valence-electron chi connectivity index (χ3n) is 2.35. The lowest BCUT2D eigenvalue weighted by Crippen LogP contribution is -2.38. The van der Waals surface area contributed by atoms with Gasteiger partial charge in [-0.3, -0.25) is 9.59 Å². The summed E-state index contributed by atoms with van der Waals surface area (Å²) in [6.07, 6.45) is 1.95. The van der Waals surface area contributed by atoms with Crippen LogP contribution >= 0.6 is 23.2 Å². The van der Waals surface area contributed by atoms with Crippen molar-refractivity contribution >= 4 is 41.2 Å². The van der Waals surface area contributed by atoms with Crippen molar-refractivity contribution in [2.45, 2.75) is 6.42 Å². The molecular formula is C13H15Cl2N3O3. The first-order valence-corrected chi connectivity index (χ1v) is 6.85. The highest BCUT2D eigenvalue weighted by Crippen LogP contribution is 2.19. The average molecular weight is 332 g/mol. The summed E-state index contributed by atoms with van der Waals surface area (Å²) in [5.74, 6) is -1.61. The van der Waals surface area contributed by atoms with Crippen molar-refractivity contribution in [3.63, 3.8) is 0 Å².